The monoisotopic (exact) mass is 566 g/mol. The van der Waals surface area contributed by atoms with Gasteiger partial charge in [-0.2, -0.15) is 0 Å². The standard InChI is InChI=1S/C31H46N6O4/c1-33(16-13-29(39)35-14-3-2-4-15-35)23-24-8-10-26(11-9-24)34-18-20-36(21-19-34)30(40)25-6-5-7-27(22-25)37-17-12-28(38)32-31(37)41/h5-7,22,24,26H,2-4,8-21,23H2,1H3,(H,32,38,41). The van der Waals surface area contributed by atoms with Crippen LogP contribution in [0.2, 0.25) is 0 Å². The van der Waals surface area contributed by atoms with Crippen LogP contribution in [0.1, 0.15) is 68.1 Å². The number of likely N-dealkylation sites (tertiary alicyclic amines) is 1. The molecule has 10 nitrogen and oxygen atoms in total. The maximum atomic E-state index is 13.3. The summed E-state index contributed by atoms with van der Waals surface area (Å²) in [5, 5.41) is 2.34. The summed E-state index contributed by atoms with van der Waals surface area (Å²) >= 11 is 0. The number of benzene rings is 1. The maximum Gasteiger partial charge on any atom is 0.328 e. The lowest BCUT2D eigenvalue weighted by molar-refractivity contribution is -0.132. The Hall–Kier alpha value is -2.98. The van der Waals surface area contributed by atoms with E-state index in [0.717, 1.165) is 52.1 Å². The molecule has 0 radical (unpaired) electrons. The third kappa shape index (κ3) is 7.65. The van der Waals surface area contributed by atoms with Gasteiger partial charge < -0.3 is 14.7 Å². The molecule has 5 rings (SSSR count). The van der Waals surface area contributed by atoms with Crippen molar-refractivity contribution < 1.29 is 19.2 Å². The number of amides is 5. The molecule has 0 unspecified atom stereocenters. The number of anilines is 1. The molecule has 1 aromatic carbocycles. The van der Waals surface area contributed by atoms with Crippen LogP contribution in [0.5, 0.6) is 0 Å². The quantitative estimate of drug-likeness (QED) is 0.520. The first kappa shape index (κ1) is 29.5. The van der Waals surface area contributed by atoms with E-state index in [1.807, 2.05) is 9.80 Å². The van der Waals surface area contributed by atoms with E-state index < -0.39 is 6.03 Å². The topological polar surface area (TPSA) is 96.5 Å². The van der Waals surface area contributed by atoms with Crippen LogP contribution in [0.3, 0.4) is 0 Å². The summed E-state index contributed by atoms with van der Waals surface area (Å²) < 4.78 is 0. The second kappa shape index (κ2) is 13.8. The Bertz CT molecular complexity index is 1090. The van der Waals surface area contributed by atoms with E-state index in [0.29, 0.717) is 55.2 Å². The van der Waals surface area contributed by atoms with Crippen LogP contribution in [-0.2, 0) is 9.59 Å². The Kier molecular flexibility index (Phi) is 9.92. The van der Waals surface area contributed by atoms with Gasteiger partial charge in [-0.25, -0.2) is 4.79 Å². The minimum absolute atomic E-state index is 0.00879. The fourth-order valence-electron chi connectivity index (χ4n) is 6.90. The van der Waals surface area contributed by atoms with Crippen LogP contribution in [0.25, 0.3) is 0 Å². The number of imide groups is 1. The van der Waals surface area contributed by atoms with Gasteiger partial charge in [-0.05, 0) is 76.1 Å². The van der Waals surface area contributed by atoms with Crippen LogP contribution in [0, 0.1) is 5.92 Å². The molecule has 1 aromatic rings. The zero-order chi connectivity index (χ0) is 28.8. The fraction of sp³-hybridized carbons (Fsp3) is 0.677. The number of carbonyl (C=O) groups is 4. The van der Waals surface area contributed by atoms with Gasteiger partial charge in [0.2, 0.25) is 11.8 Å². The normalized spacial score (nSPS) is 24.5. The molecule has 3 aliphatic heterocycles. The Morgan fingerprint density at radius 2 is 1.63 bits per heavy atom. The molecule has 4 fully saturated rings. The third-order valence-corrected chi connectivity index (χ3v) is 9.38. The number of hydrogen-bond acceptors (Lipinski definition) is 6. The number of piperidine rings is 1. The Morgan fingerprint density at radius 1 is 0.902 bits per heavy atom. The number of carbonyl (C=O) groups excluding carboxylic acids is 4. The lowest BCUT2D eigenvalue weighted by Gasteiger charge is -2.42. The van der Waals surface area contributed by atoms with Crippen molar-refractivity contribution in [2.24, 2.45) is 5.92 Å². The zero-order valence-corrected chi connectivity index (χ0v) is 24.6. The molecule has 1 saturated carbocycles. The van der Waals surface area contributed by atoms with Crippen molar-refractivity contribution >= 4 is 29.4 Å². The first-order valence-electron chi connectivity index (χ1n) is 15.6. The van der Waals surface area contributed by atoms with Crippen molar-refractivity contribution in [3.8, 4) is 0 Å². The largest absolute Gasteiger partial charge is 0.343 e. The Labute approximate surface area is 244 Å². The second-order valence-electron chi connectivity index (χ2n) is 12.3. The molecule has 4 aliphatic rings. The van der Waals surface area contributed by atoms with Gasteiger partial charge >= 0.3 is 6.03 Å². The molecule has 3 saturated heterocycles. The Morgan fingerprint density at radius 3 is 2.34 bits per heavy atom. The van der Waals surface area contributed by atoms with Crippen molar-refractivity contribution in [1.29, 1.82) is 0 Å². The molecular formula is C31H46N6O4. The maximum absolute atomic E-state index is 13.3. The van der Waals surface area contributed by atoms with E-state index in [1.165, 1.54) is 37.0 Å². The van der Waals surface area contributed by atoms with E-state index in [2.05, 4.69) is 22.2 Å². The summed E-state index contributed by atoms with van der Waals surface area (Å²) in [7, 11) is 2.16. The highest BCUT2D eigenvalue weighted by molar-refractivity contribution is 6.06. The highest BCUT2D eigenvalue weighted by atomic mass is 16.2. The minimum Gasteiger partial charge on any atom is -0.343 e. The van der Waals surface area contributed by atoms with E-state index >= 15 is 0 Å². The number of nitrogens with zero attached hydrogens (tertiary/aromatic N) is 5. The number of urea groups is 1. The number of hydrogen-bond donors (Lipinski definition) is 1. The van der Waals surface area contributed by atoms with Crippen LogP contribution >= 0.6 is 0 Å². The van der Waals surface area contributed by atoms with Gasteiger partial charge in [-0.15, -0.1) is 0 Å². The van der Waals surface area contributed by atoms with Crippen LogP contribution in [-0.4, -0.2) is 115 Å². The summed E-state index contributed by atoms with van der Waals surface area (Å²) in [5.41, 5.74) is 1.21. The summed E-state index contributed by atoms with van der Waals surface area (Å²) in [6.07, 6.45) is 9.26. The molecule has 224 valence electrons. The predicted molar refractivity (Wildman–Crippen MR) is 158 cm³/mol. The fourth-order valence-corrected chi connectivity index (χ4v) is 6.90. The van der Waals surface area contributed by atoms with Gasteiger partial charge in [0.15, 0.2) is 0 Å². The molecule has 1 aliphatic carbocycles. The van der Waals surface area contributed by atoms with Crippen molar-refractivity contribution in [2.45, 2.75) is 63.8 Å². The van der Waals surface area contributed by atoms with E-state index in [1.54, 1.807) is 24.3 Å². The van der Waals surface area contributed by atoms with Crippen molar-refractivity contribution in [3.05, 3.63) is 29.8 Å². The first-order valence-corrected chi connectivity index (χ1v) is 15.6. The summed E-state index contributed by atoms with van der Waals surface area (Å²) in [4.78, 5) is 59.9. The highest BCUT2D eigenvalue weighted by Gasteiger charge is 2.31. The summed E-state index contributed by atoms with van der Waals surface area (Å²) in [5.74, 6) is 0.730. The van der Waals surface area contributed by atoms with Gasteiger partial charge in [0.25, 0.3) is 5.91 Å². The van der Waals surface area contributed by atoms with E-state index in [-0.39, 0.29) is 18.2 Å². The average molecular weight is 567 g/mol. The van der Waals surface area contributed by atoms with Crippen molar-refractivity contribution in [2.75, 3.05) is 70.9 Å². The van der Waals surface area contributed by atoms with Crippen molar-refractivity contribution in [1.82, 2.24) is 24.9 Å². The van der Waals surface area contributed by atoms with E-state index in [4.69, 9.17) is 0 Å². The van der Waals surface area contributed by atoms with Crippen LogP contribution in [0.4, 0.5) is 10.5 Å². The SMILES string of the molecule is CN(CCC(=O)N1CCCCC1)CC1CCC(N2CCN(C(=O)c3cccc(N4CCC(=O)NC4=O)c3)CC2)CC1. The summed E-state index contributed by atoms with van der Waals surface area (Å²) in [6.45, 7) is 7.28. The molecule has 0 atom stereocenters. The number of piperazine rings is 1. The second-order valence-corrected chi connectivity index (χ2v) is 12.3. The third-order valence-electron chi connectivity index (χ3n) is 9.38. The molecule has 0 bridgehead atoms. The van der Waals surface area contributed by atoms with Crippen molar-refractivity contribution in [3.63, 3.8) is 0 Å². The lowest BCUT2D eigenvalue weighted by atomic mass is 9.84. The predicted octanol–water partition coefficient (Wildman–Crippen LogP) is 2.78. The number of rotatable bonds is 8. The molecular weight excluding hydrogens is 520 g/mol. The molecule has 10 heteroatoms. The van der Waals surface area contributed by atoms with Gasteiger partial charge in [0.05, 0.1) is 0 Å². The average Bonchev–Trinajstić information content (AvgIpc) is 3.00. The van der Waals surface area contributed by atoms with Gasteiger partial charge in [0.1, 0.15) is 0 Å². The first-order chi connectivity index (χ1) is 19.9. The molecule has 1 N–H and O–H groups in total. The molecule has 0 aromatic heterocycles. The number of nitrogens with one attached hydrogen (secondary N) is 1. The molecule has 41 heavy (non-hydrogen) atoms. The van der Waals surface area contributed by atoms with Crippen LogP contribution in [0.15, 0.2) is 24.3 Å². The zero-order valence-electron chi connectivity index (χ0n) is 24.6. The molecule has 0 spiro atoms. The molecule has 3 heterocycles. The van der Waals surface area contributed by atoms with Gasteiger partial charge in [-0.1, -0.05) is 6.07 Å². The Balaban J connectivity index is 1.02. The van der Waals surface area contributed by atoms with Crippen LogP contribution < -0.4 is 10.2 Å². The lowest BCUT2D eigenvalue weighted by Crippen LogP contribution is -2.52. The highest BCUT2D eigenvalue weighted by Crippen LogP contribution is 2.29. The van der Waals surface area contributed by atoms with Gasteiger partial charge in [0, 0.05) is 89.0 Å². The molecule has 5 amide bonds. The van der Waals surface area contributed by atoms with Gasteiger partial charge in [-0.3, -0.25) is 29.5 Å². The van der Waals surface area contributed by atoms with E-state index in [9.17, 15) is 19.2 Å². The minimum atomic E-state index is -0.441. The smallest absolute Gasteiger partial charge is 0.328 e. The summed E-state index contributed by atoms with van der Waals surface area (Å²) in [6, 6.07) is 7.29.